The molecule has 0 aromatic rings. The third kappa shape index (κ3) is 0.368. The molecule has 10 aliphatic heterocycles. The molecule has 174 valence electrons. The molecule has 1 spiro atoms. The van der Waals surface area contributed by atoms with Crippen molar-refractivity contribution in [2.24, 2.45) is 0 Å². The molecular formula is C28H44FeP2. The maximum atomic E-state index is 2.76. The van der Waals surface area contributed by atoms with Crippen molar-refractivity contribution in [2.75, 3.05) is 0 Å². The molecule has 12 rings (SSSR count). The van der Waals surface area contributed by atoms with Crippen LogP contribution >= 0.6 is 15.8 Å². The molecule has 0 radical (unpaired) electrons. The van der Waals surface area contributed by atoms with Gasteiger partial charge in [-0.3, -0.25) is 0 Å². The normalized spacial score (nSPS) is 82.9. The Hall–Kier alpha value is 1.38. The molecule has 12 fully saturated rings. The van der Waals surface area contributed by atoms with Crippen molar-refractivity contribution in [3.05, 3.63) is 0 Å². The molecule has 10 saturated heterocycles. The van der Waals surface area contributed by atoms with E-state index in [1.165, 1.54) is 58.0 Å². The molecule has 0 bridgehead atoms. The Morgan fingerprint density at radius 3 is 1.13 bits per heavy atom. The molecular weight excluding hydrogens is 454 g/mol. The van der Waals surface area contributed by atoms with Crippen molar-refractivity contribution >= 4 is 15.8 Å². The fourth-order valence-corrected chi connectivity index (χ4v) is 133. The zero-order valence-corrected chi connectivity index (χ0v) is 23.1. The van der Waals surface area contributed by atoms with E-state index in [0.717, 1.165) is 11.3 Å². The second-order valence-corrected chi connectivity index (χ2v) is 47.9. The summed E-state index contributed by atoms with van der Waals surface area (Å²) in [4.78, 5) is 12.3. The predicted molar refractivity (Wildman–Crippen MR) is 133 cm³/mol. The van der Waals surface area contributed by atoms with Gasteiger partial charge < -0.3 is 0 Å². The maximum absolute atomic E-state index is 3.32. The second-order valence-electron chi connectivity index (χ2n) is 17.3. The zero-order chi connectivity index (χ0) is 20.5. The van der Waals surface area contributed by atoms with E-state index < -0.39 is 6.51 Å². The molecule has 10 heterocycles. The fraction of sp³-hybridized carbons (Fsp3) is 1.00. The molecule has 10 unspecified atom stereocenters. The van der Waals surface area contributed by atoms with E-state index in [9.17, 15) is 0 Å². The first-order valence-corrected chi connectivity index (χ1v) is 23.7. The summed E-state index contributed by atoms with van der Waals surface area (Å²) in [5.74, 6) is 0. The van der Waals surface area contributed by atoms with E-state index in [0.29, 0.717) is 15.8 Å². The van der Waals surface area contributed by atoms with E-state index in [-0.39, 0.29) is 0 Å². The SMILES string of the molecule is CC(C)P(C1CCCCC1)[C]12[CH]3[CH]4[CH]5[CH]1[Fe]45321678[CH]2[CH]1[CH]6[C]7(P(C(C)C)C1CCCCC1)[CH]28. The van der Waals surface area contributed by atoms with Crippen molar-refractivity contribution < 1.29 is 6.51 Å². The number of rotatable bonds is 6. The Morgan fingerprint density at radius 1 is 0.548 bits per heavy atom. The van der Waals surface area contributed by atoms with Crippen LogP contribution in [0.3, 0.4) is 0 Å². The van der Waals surface area contributed by atoms with Gasteiger partial charge in [-0.05, 0) is 0 Å². The van der Waals surface area contributed by atoms with Crippen molar-refractivity contribution in [3.63, 3.8) is 0 Å². The molecule has 0 aromatic heterocycles. The van der Waals surface area contributed by atoms with Crippen LogP contribution in [0.1, 0.15) is 91.9 Å². The molecule has 0 nitrogen and oxygen atoms in total. The average molecular weight is 498 g/mol. The van der Waals surface area contributed by atoms with Gasteiger partial charge in [0.25, 0.3) is 0 Å². The van der Waals surface area contributed by atoms with Crippen LogP contribution in [-0.2, 0) is 6.51 Å². The Kier molecular flexibility index (Phi) is 1.30. The molecule has 10 atom stereocenters. The van der Waals surface area contributed by atoms with Crippen LogP contribution in [-0.4, -0.2) is 30.7 Å². The number of hydrogen-bond donors (Lipinski definition) is 0. The first-order valence-electron chi connectivity index (χ1n) is 14.6. The summed E-state index contributed by atoms with van der Waals surface area (Å²) < 4.78 is 2.40. The average Bonchev–Trinajstić information content (AvgIpc) is 3.71. The summed E-state index contributed by atoms with van der Waals surface area (Å²) in [6.07, 6.45) is 16.2. The zero-order valence-electron chi connectivity index (χ0n) is 20.2. The minimum atomic E-state index is -3.32. The van der Waals surface area contributed by atoms with Gasteiger partial charge in [0.15, 0.2) is 0 Å². The molecule has 0 N–H and O–H groups in total. The van der Waals surface area contributed by atoms with Gasteiger partial charge in [-0.2, -0.15) is 0 Å². The summed E-state index contributed by atoms with van der Waals surface area (Å²) in [5, 5.41) is 0. The molecule has 2 saturated carbocycles. The van der Waals surface area contributed by atoms with Gasteiger partial charge >= 0.3 is 184 Å². The first-order chi connectivity index (χ1) is 14.8. The first kappa shape index (κ1) is 16.9. The van der Waals surface area contributed by atoms with Gasteiger partial charge in [0.2, 0.25) is 0 Å². The van der Waals surface area contributed by atoms with Gasteiger partial charge in [0.1, 0.15) is 0 Å². The molecule has 2 aliphatic carbocycles. The fourth-order valence-electron chi connectivity index (χ4n) is 22.6. The van der Waals surface area contributed by atoms with Crippen LogP contribution in [0.2, 0.25) is 38.5 Å². The van der Waals surface area contributed by atoms with E-state index in [4.69, 9.17) is 0 Å². The quantitative estimate of drug-likeness (QED) is 0.253. The number of fused-ring (bicyclic) bond motifs is 10. The van der Waals surface area contributed by atoms with Crippen molar-refractivity contribution in [1.82, 2.24) is 0 Å². The third-order valence-corrected chi connectivity index (χ3v) is 79.2. The molecule has 0 aromatic carbocycles. The molecule has 0 amide bonds. The van der Waals surface area contributed by atoms with Gasteiger partial charge in [-0.25, -0.2) is 0 Å². The van der Waals surface area contributed by atoms with Crippen molar-refractivity contribution in [1.29, 1.82) is 0 Å². The van der Waals surface area contributed by atoms with Gasteiger partial charge in [-0.1, -0.05) is 0 Å². The van der Waals surface area contributed by atoms with Gasteiger partial charge in [0, 0.05) is 0 Å². The van der Waals surface area contributed by atoms with E-state index in [2.05, 4.69) is 27.7 Å². The van der Waals surface area contributed by atoms with Crippen molar-refractivity contribution in [2.45, 2.75) is 161 Å². The molecule has 3 heteroatoms. The van der Waals surface area contributed by atoms with Crippen LogP contribution in [0.25, 0.3) is 0 Å². The van der Waals surface area contributed by atoms with E-state index >= 15 is 0 Å². The predicted octanol–water partition coefficient (Wildman–Crippen LogP) is 9.64. The van der Waals surface area contributed by atoms with E-state index in [1.807, 2.05) is 0 Å². The molecule has 31 heavy (non-hydrogen) atoms. The van der Waals surface area contributed by atoms with Gasteiger partial charge in [0.05, 0.1) is 0 Å². The Labute approximate surface area is 183 Å². The van der Waals surface area contributed by atoms with Crippen LogP contribution in [0, 0.1) is 0 Å². The Morgan fingerprint density at radius 2 is 0.871 bits per heavy atom. The second kappa shape index (κ2) is 2.38. The summed E-state index contributed by atoms with van der Waals surface area (Å²) in [6, 6.07) is 0. The summed E-state index contributed by atoms with van der Waals surface area (Å²) in [7, 11) is 0.724. The minimum absolute atomic E-state index is 0.362. The Balaban J connectivity index is 1.12. The van der Waals surface area contributed by atoms with Crippen LogP contribution in [0.5, 0.6) is 0 Å². The van der Waals surface area contributed by atoms with Crippen LogP contribution < -0.4 is 0 Å². The monoisotopic (exact) mass is 498 g/mol. The summed E-state index contributed by atoms with van der Waals surface area (Å²) in [6.45, 7) is 7.70. The summed E-state index contributed by atoms with van der Waals surface area (Å²) in [5.41, 5.74) is 4.63. The topological polar surface area (TPSA) is 0 Å². The third-order valence-electron chi connectivity index (χ3n) is 20.5. The van der Waals surface area contributed by atoms with Gasteiger partial charge in [-0.15, -0.1) is 0 Å². The van der Waals surface area contributed by atoms with E-state index in [1.54, 1.807) is 64.2 Å². The number of hydrogen-bond acceptors (Lipinski definition) is 0. The van der Waals surface area contributed by atoms with Crippen LogP contribution in [0.15, 0.2) is 0 Å². The van der Waals surface area contributed by atoms with Crippen LogP contribution in [0.4, 0.5) is 0 Å². The standard InChI is InChI=1S/2C14H22P.Fe/c2*1-12(2)15(14-10-6-7-11-14)13-8-4-3-5-9-13;/h2*6-7,10-13H,3-5,8-9H2,1-2H3;. The van der Waals surface area contributed by atoms with Crippen molar-refractivity contribution in [3.8, 4) is 0 Å². The molecule has 12 aliphatic rings. The summed E-state index contributed by atoms with van der Waals surface area (Å²) >= 11 is 0. The Bertz CT molecular complexity index is 1240.